The number of aryl methyl sites for hydroxylation is 1. The van der Waals surface area contributed by atoms with Crippen LogP contribution in [0.4, 0.5) is 5.82 Å². The molecule has 1 aliphatic rings. The molecule has 2 aromatic rings. The average molecular weight is 260 g/mol. The number of anilines is 1. The smallest absolute Gasteiger partial charge is 0.132 e. The van der Waals surface area contributed by atoms with Gasteiger partial charge in [0.1, 0.15) is 11.6 Å². The van der Waals surface area contributed by atoms with Crippen LogP contribution in [0.5, 0.6) is 0 Å². The van der Waals surface area contributed by atoms with E-state index in [0.717, 1.165) is 24.7 Å². The van der Waals surface area contributed by atoms with Crippen molar-refractivity contribution in [3.05, 3.63) is 34.7 Å². The minimum Gasteiger partial charge on any atom is -0.356 e. The first kappa shape index (κ1) is 11.6. The molecule has 3 rings (SSSR count). The summed E-state index contributed by atoms with van der Waals surface area (Å²) >= 11 is 1.76. The van der Waals surface area contributed by atoms with Crippen molar-refractivity contribution >= 4 is 17.2 Å². The normalized spacial score (nSPS) is 20.1. The molecule has 0 amide bonds. The van der Waals surface area contributed by atoms with Gasteiger partial charge in [-0.05, 0) is 25.8 Å². The summed E-state index contributed by atoms with van der Waals surface area (Å²) in [5, 5.41) is 3.31. The molecule has 0 aliphatic carbocycles. The van der Waals surface area contributed by atoms with E-state index in [2.05, 4.69) is 25.2 Å². The number of hydrogen-bond acceptors (Lipinski definition) is 5. The van der Waals surface area contributed by atoms with E-state index in [1.54, 1.807) is 11.3 Å². The lowest BCUT2D eigenvalue weighted by Gasteiger charge is -2.32. The number of rotatable bonds is 2. The maximum absolute atomic E-state index is 4.51. The molecule has 1 unspecified atom stereocenters. The van der Waals surface area contributed by atoms with Gasteiger partial charge in [0.2, 0.25) is 0 Å². The molecular weight excluding hydrogens is 244 g/mol. The second kappa shape index (κ2) is 5.02. The second-order valence-corrected chi connectivity index (χ2v) is 5.54. The number of nitrogens with zero attached hydrogens (tertiary/aromatic N) is 4. The molecule has 18 heavy (non-hydrogen) atoms. The summed E-state index contributed by atoms with van der Waals surface area (Å²) in [5.74, 6) is 2.43. The van der Waals surface area contributed by atoms with Crippen LogP contribution in [0.1, 0.15) is 29.6 Å². The molecule has 0 aromatic carbocycles. The predicted octanol–water partition coefficient (Wildman–Crippen LogP) is 2.63. The molecule has 5 heteroatoms. The van der Waals surface area contributed by atoms with E-state index in [9.17, 15) is 0 Å². The van der Waals surface area contributed by atoms with Crippen molar-refractivity contribution in [2.24, 2.45) is 0 Å². The van der Waals surface area contributed by atoms with Crippen molar-refractivity contribution in [2.45, 2.75) is 25.7 Å². The van der Waals surface area contributed by atoms with Crippen molar-refractivity contribution in [1.82, 2.24) is 15.0 Å². The third-order valence-electron chi connectivity index (χ3n) is 3.31. The Morgan fingerprint density at radius 2 is 2.28 bits per heavy atom. The van der Waals surface area contributed by atoms with Crippen molar-refractivity contribution in [3.63, 3.8) is 0 Å². The highest BCUT2D eigenvalue weighted by Gasteiger charge is 2.23. The summed E-state index contributed by atoms with van der Waals surface area (Å²) in [4.78, 5) is 15.5. The Kier molecular flexibility index (Phi) is 3.23. The number of aromatic nitrogens is 3. The predicted molar refractivity (Wildman–Crippen MR) is 73.1 cm³/mol. The Balaban J connectivity index is 1.78. The van der Waals surface area contributed by atoms with Gasteiger partial charge in [0, 0.05) is 36.8 Å². The van der Waals surface area contributed by atoms with Gasteiger partial charge in [0.25, 0.3) is 0 Å². The summed E-state index contributed by atoms with van der Waals surface area (Å²) in [5.41, 5.74) is 0. The van der Waals surface area contributed by atoms with E-state index in [-0.39, 0.29) is 0 Å². The van der Waals surface area contributed by atoms with Crippen molar-refractivity contribution in [2.75, 3.05) is 18.0 Å². The fraction of sp³-hybridized carbons (Fsp3) is 0.462. The van der Waals surface area contributed by atoms with E-state index in [1.807, 2.05) is 25.4 Å². The van der Waals surface area contributed by atoms with Crippen LogP contribution in [-0.4, -0.2) is 28.0 Å². The second-order valence-electron chi connectivity index (χ2n) is 4.62. The monoisotopic (exact) mass is 260 g/mol. The summed E-state index contributed by atoms with van der Waals surface area (Å²) in [6, 6.07) is 2.00. The molecule has 1 aliphatic heterocycles. The minimum absolute atomic E-state index is 0.550. The van der Waals surface area contributed by atoms with Crippen molar-refractivity contribution < 1.29 is 0 Å². The lowest BCUT2D eigenvalue weighted by Crippen LogP contribution is -2.35. The van der Waals surface area contributed by atoms with Gasteiger partial charge in [0.15, 0.2) is 0 Å². The molecule has 0 saturated carbocycles. The maximum Gasteiger partial charge on any atom is 0.132 e. The Morgan fingerprint density at radius 1 is 1.33 bits per heavy atom. The third kappa shape index (κ3) is 2.36. The standard InChI is InChI=1S/C13H16N4S/c1-10-14-5-4-12(16-10)17-7-2-3-11(9-17)13-15-6-8-18-13/h4-6,8,11H,2-3,7,9H2,1H3. The van der Waals surface area contributed by atoms with Gasteiger partial charge in [0.05, 0.1) is 5.01 Å². The maximum atomic E-state index is 4.51. The molecule has 3 heterocycles. The molecule has 1 atom stereocenters. The third-order valence-corrected chi connectivity index (χ3v) is 4.25. The van der Waals surface area contributed by atoms with E-state index in [1.165, 1.54) is 17.8 Å². The van der Waals surface area contributed by atoms with E-state index < -0.39 is 0 Å². The molecule has 0 N–H and O–H groups in total. The van der Waals surface area contributed by atoms with Crippen molar-refractivity contribution in [1.29, 1.82) is 0 Å². The zero-order chi connectivity index (χ0) is 12.4. The molecule has 0 spiro atoms. The summed E-state index contributed by atoms with van der Waals surface area (Å²) < 4.78 is 0. The topological polar surface area (TPSA) is 41.9 Å². The molecule has 0 bridgehead atoms. The zero-order valence-corrected chi connectivity index (χ0v) is 11.2. The summed E-state index contributed by atoms with van der Waals surface area (Å²) in [6.45, 7) is 4.04. The Bertz CT molecular complexity index is 511. The number of thiazole rings is 1. The van der Waals surface area contributed by atoms with Gasteiger partial charge in [-0.1, -0.05) is 0 Å². The van der Waals surface area contributed by atoms with Crippen molar-refractivity contribution in [3.8, 4) is 0 Å². The molecule has 1 fully saturated rings. The van der Waals surface area contributed by atoms with Gasteiger partial charge in [-0.3, -0.25) is 0 Å². The highest BCUT2D eigenvalue weighted by molar-refractivity contribution is 7.09. The fourth-order valence-corrected chi connectivity index (χ4v) is 3.21. The molecule has 4 nitrogen and oxygen atoms in total. The molecule has 0 radical (unpaired) electrons. The summed E-state index contributed by atoms with van der Waals surface area (Å²) in [6.07, 6.45) is 6.17. The molecule has 94 valence electrons. The average Bonchev–Trinajstić information content (AvgIpc) is 2.93. The summed E-state index contributed by atoms with van der Waals surface area (Å²) in [7, 11) is 0. The lowest BCUT2D eigenvalue weighted by molar-refractivity contribution is 0.505. The van der Waals surface area contributed by atoms with Crippen LogP contribution < -0.4 is 4.90 Å². The largest absolute Gasteiger partial charge is 0.356 e. The van der Waals surface area contributed by atoms with Crippen LogP contribution >= 0.6 is 11.3 Å². The van der Waals surface area contributed by atoms with Gasteiger partial charge in [-0.2, -0.15) is 0 Å². The number of piperidine rings is 1. The van der Waals surface area contributed by atoms with Gasteiger partial charge in [-0.15, -0.1) is 11.3 Å². The Morgan fingerprint density at radius 3 is 3.06 bits per heavy atom. The SMILES string of the molecule is Cc1nccc(N2CCCC(c3nccs3)C2)n1. The van der Waals surface area contributed by atoms with E-state index in [4.69, 9.17) is 0 Å². The lowest BCUT2D eigenvalue weighted by atomic mass is 9.99. The van der Waals surface area contributed by atoms with Gasteiger partial charge >= 0.3 is 0 Å². The Labute approximate surface area is 111 Å². The van der Waals surface area contributed by atoms with E-state index in [0.29, 0.717) is 5.92 Å². The highest BCUT2D eigenvalue weighted by atomic mass is 32.1. The van der Waals surface area contributed by atoms with Gasteiger partial charge < -0.3 is 4.90 Å². The minimum atomic E-state index is 0.550. The molecule has 2 aromatic heterocycles. The van der Waals surface area contributed by atoms with Gasteiger partial charge in [-0.25, -0.2) is 15.0 Å². The van der Waals surface area contributed by atoms with Crippen LogP contribution in [0.2, 0.25) is 0 Å². The molecular formula is C13H16N4S. The first-order valence-corrected chi connectivity index (χ1v) is 7.15. The first-order chi connectivity index (χ1) is 8.83. The van der Waals surface area contributed by atoms with E-state index >= 15 is 0 Å². The van der Waals surface area contributed by atoms with Crippen LogP contribution in [0.25, 0.3) is 0 Å². The van der Waals surface area contributed by atoms with Crippen LogP contribution in [0, 0.1) is 6.92 Å². The fourth-order valence-electron chi connectivity index (χ4n) is 2.44. The number of hydrogen-bond donors (Lipinski definition) is 0. The first-order valence-electron chi connectivity index (χ1n) is 6.27. The highest BCUT2D eigenvalue weighted by Crippen LogP contribution is 2.30. The van der Waals surface area contributed by atoms with Crippen LogP contribution in [0.3, 0.4) is 0 Å². The molecule has 1 saturated heterocycles. The quantitative estimate of drug-likeness (QED) is 0.832. The Hall–Kier alpha value is -1.49. The van der Waals surface area contributed by atoms with Crippen LogP contribution in [0.15, 0.2) is 23.8 Å². The van der Waals surface area contributed by atoms with Crippen LogP contribution in [-0.2, 0) is 0 Å². The zero-order valence-electron chi connectivity index (χ0n) is 10.4.